The molecule has 0 aromatic carbocycles. The molecule has 0 saturated carbocycles. The molecule has 3 nitrogen and oxygen atoms in total. The molecule has 0 radical (unpaired) electrons. The topological polar surface area (TPSA) is 48.1 Å². The van der Waals surface area contributed by atoms with E-state index in [4.69, 9.17) is 10.5 Å². The number of rotatable bonds is 5. The average Bonchev–Trinajstić information content (AvgIpc) is 2.20. The highest BCUT2D eigenvalue weighted by Gasteiger charge is 2.13. The molecule has 0 aliphatic rings. The highest BCUT2D eigenvalue weighted by Crippen LogP contribution is 2.19. The normalized spacial score (nSPS) is 12.9. The van der Waals surface area contributed by atoms with Crippen LogP contribution in [0.3, 0.4) is 0 Å². The lowest BCUT2D eigenvalue weighted by Gasteiger charge is -2.16. The predicted octanol–water partition coefficient (Wildman–Crippen LogP) is 2.49. The average molecular weight is 226 g/mol. The van der Waals surface area contributed by atoms with Crippen LogP contribution in [0.25, 0.3) is 0 Å². The van der Waals surface area contributed by atoms with E-state index in [-0.39, 0.29) is 18.5 Å². The van der Waals surface area contributed by atoms with Crippen LogP contribution in [0, 0.1) is 11.7 Å². The van der Waals surface area contributed by atoms with Crippen molar-refractivity contribution >= 4 is 0 Å². The Morgan fingerprint density at radius 1 is 1.44 bits per heavy atom. The van der Waals surface area contributed by atoms with E-state index in [1.165, 1.54) is 6.20 Å². The zero-order valence-corrected chi connectivity index (χ0v) is 10.0. The minimum absolute atomic E-state index is 0.0463. The van der Waals surface area contributed by atoms with Crippen molar-refractivity contribution < 1.29 is 9.13 Å². The first-order valence-corrected chi connectivity index (χ1v) is 5.54. The van der Waals surface area contributed by atoms with Gasteiger partial charge in [0.05, 0.1) is 6.10 Å². The van der Waals surface area contributed by atoms with Crippen LogP contribution in [0.2, 0.25) is 0 Å². The van der Waals surface area contributed by atoms with E-state index in [9.17, 15) is 4.39 Å². The minimum atomic E-state index is -0.444. The molecule has 1 heterocycles. The van der Waals surface area contributed by atoms with Crippen molar-refractivity contribution in [2.75, 3.05) is 0 Å². The first-order valence-electron chi connectivity index (χ1n) is 5.54. The molecule has 1 rings (SSSR count). The summed E-state index contributed by atoms with van der Waals surface area (Å²) in [6, 6.07) is 1.56. The van der Waals surface area contributed by atoms with Gasteiger partial charge in [0.1, 0.15) is 0 Å². The van der Waals surface area contributed by atoms with Crippen molar-refractivity contribution in [1.82, 2.24) is 4.98 Å². The van der Waals surface area contributed by atoms with E-state index in [1.807, 2.05) is 6.92 Å². The molecule has 4 heteroatoms. The standard InChI is InChI=1S/C12H19FN2O/c1-8(2)6-9(3)16-12-11(13)10(7-14)4-5-15-12/h4-5,8-9H,6-7,14H2,1-3H3. The quantitative estimate of drug-likeness (QED) is 0.839. The summed E-state index contributed by atoms with van der Waals surface area (Å²) >= 11 is 0. The van der Waals surface area contributed by atoms with Gasteiger partial charge < -0.3 is 10.5 Å². The Morgan fingerprint density at radius 3 is 2.69 bits per heavy atom. The molecule has 0 aliphatic carbocycles. The second-order valence-electron chi connectivity index (χ2n) is 4.35. The number of hydrogen-bond donors (Lipinski definition) is 1. The molecule has 1 atom stereocenters. The maximum atomic E-state index is 13.7. The molecule has 1 aromatic rings. The van der Waals surface area contributed by atoms with Crippen LogP contribution >= 0.6 is 0 Å². The van der Waals surface area contributed by atoms with Crippen LogP contribution in [0.5, 0.6) is 5.88 Å². The van der Waals surface area contributed by atoms with Gasteiger partial charge in [0.15, 0.2) is 5.82 Å². The third-order valence-corrected chi connectivity index (χ3v) is 2.27. The van der Waals surface area contributed by atoms with Gasteiger partial charge in [-0.3, -0.25) is 0 Å². The van der Waals surface area contributed by atoms with Crippen LogP contribution in [0.4, 0.5) is 4.39 Å². The van der Waals surface area contributed by atoms with Gasteiger partial charge in [0.25, 0.3) is 5.88 Å². The number of aromatic nitrogens is 1. The van der Waals surface area contributed by atoms with E-state index < -0.39 is 5.82 Å². The fraction of sp³-hybridized carbons (Fsp3) is 0.583. The van der Waals surface area contributed by atoms with Crippen molar-refractivity contribution in [2.45, 2.75) is 39.8 Å². The van der Waals surface area contributed by atoms with Crippen molar-refractivity contribution in [3.63, 3.8) is 0 Å². The number of hydrogen-bond acceptors (Lipinski definition) is 3. The maximum absolute atomic E-state index is 13.7. The Labute approximate surface area is 95.8 Å². The molecule has 0 amide bonds. The van der Waals surface area contributed by atoms with Crippen molar-refractivity contribution in [1.29, 1.82) is 0 Å². The van der Waals surface area contributed by atoms with Gasteiger partial charge in [-0.15, -0.1) is 0 Å². The molecule has 0 spiro atoms. The minimum Gasteiger partial charge on any atom is -0.473 e. The summed E-state index contributed by atoms with van der Waals surface area (Å²) < 4.78 is 19.2. The Kier molecular flexibility index (Phi) is 4.68. The molecule has 0 bridgehead atoms. The summed E-state index contributed by atoms with van der Waals surface area (Å²) in [6.45, 7) is 6.26. The highest BCUT2D eigenvalue weighted by atomic mass is 19.1. The molecule has 0 aliphatic heterocycles. The number of nitrogens with two attached hydrogens (primary N) is 1. The monoisotopic (exact) mass is 226 g/mol. The van der Waals surface area contributed by atoms with Crippen molar-refractivity contribution in [3.8, 4) is 5.88 Å². The maximum Gasteiger partial charge on any atom is 0.250 e. The summed E-state index contributed by atoms with van der Waals surface area (Å²) in [7, 11) is 0. The largest absolute Gasteiger partial charge is 0.473 e. The molecule has 1 unspecified atom stereocenters. The lowest BCUT2D eigenvalue weighted by molar-refractivity contribution is 0.176. The summed E-state index contributed by atoms with van der Waals surface area (Å²) in [6.07, 6.45) is 2.34. The van der Waals surface area contributed by atoms with Gasteiger partial charge >= 0.3 is 0 Å². The van der Waals surface area contributed by atoms with E-state index in [2.05, 4.69) is 18.8 Å². The lowest BCUT2D eigenvalue weighted by Crippen LogP contribution is -2.16. The molecule has 0 saturated heterocycles. The van der Waals surface area contributed by atoms with E-state index >= 15 is 0 Å². The van der Waals surface area contributed by atoms with Crippen LogP contribution in [-0.4, -0.2) is 11.1 Å². The zero-order valence-electron chi connectivity index (χ0n) is 10.0. The van der Waals surface area contributed by atoms with Gasteiger partial charge in [-0.2, -0.15) is 0 Å². The zero-order chi connectivity index (χ0) is 12.1. The molecular weight excluding hydrogens is 207 g/mol. The lowest BCUT2D eigenvalue weighted by atomic mass is 10.1. The van der Waals surface area contributed by atoms with Gasteiger partial charge in [0, 0.05) is 18.3 Å². The third kappa shape index (κ3) is 3.45. The van der Waals surface area contributed by atoms with Crippen LogP contribution in [0.15, 0.2) is 12.3 Å². The Hall–Kier alpha value is -1.16. The molecule has 90 valence electrons. The number of ether oxygens (including phenoxy) is 1. The van der Waals surface area contributed by atoms with Crippen molar-refractivity contribution in [3.05, 3.63) is 23.6 Å². The van der Waals surface area contributed by atoms with Crippen LogP contribution in [-0.2, 0) is 6.54 Å². The van der Waals surface area contributed by atoms with E-state index in [0.717, 1.165) is 6.42 Å². The Morgan fingerprint density at radius 2 is 2.12 bits per heavy atom. The first kappa shape index (κ1) is 12.9. The fourth-order valence-electron chi connectivity index (χ4n) is 1.60. The SMILES string of the molecule is CC(C)CC(C)Oc1nccc(CN)c1F. The van der Waals surface area contributed by atoms with Gasteiger partial charge in [-0.25, -0.2) is 9.37 Å². The molecular formula is C12H19FN2O. The van der Waals surface area contributed by atoms with E-state index in [0.29, 0.717) is 11.5 Å². The summed E-state index contributed by atoms with van der Waals surface area (Å²) in [5, 5.41) is 0. The second kappa shape index (κ2) is 5.80. The van der Waals surface area contributed by atoms with Crippen LogP contribution in [0.1, 0.15) is 32.8 Å². The first-order chi connectivity index (χ1) is 7.54. The Bertz CT molecular complexity index is 342. The fourth-order valence-corrected chi connectivity index (χ4v) is 1.60. The highest BCUT2D eigenvalue weighted by molar-refractivity contribution is 5.23. The summed E-state index contributed by atoms with van der Waals surface area (Å²) in [5.74, 6) is 0.118. The Balaban J connectivity index is 2.73. The molecule has 1 aromatic heterocycles. The number of nitrogens with zero attached hydrogens (tertiary/aromatic N) is 1. The van der Waals surface area contributed by atoms with E-state index in [1.54, 1.807) is 6.07 Å². The molecule has 0 fully saturated rings. The number of halogens is 1. The van der Waals surface area contributed by atoms with Crippen molar-refractivity contribution in [2.24, 2.45) is 11.7 Å². The predicted molar refractivity (Wildman–Crippen MR) is 61.6 cm³/mol. The summed E-state index contributed by atoms with van der Waals surface area (Å²) in [4.78, 5) is 3.88. The smallest absolute Gasteiger partial charge is 0.250 e. The van der Waals surface area contributed by atoms with Gasteiger partial charge in [-0.05, 0) is 25.3 Å². The van der Waals surface area contributed by atoms with Gasteiger partial charge in [0.2, 0.25) is 0 Å². The van der Waals surface area contributed by atoms with Crippen LogP contribution < -0.4 is 10.5 Å². The second-order valence-corrected chi connectivity index (χ2v) is 4.35. The van der Waals surface area contributed by atoms with Gasteiger partial charge in [-0.1, -0.05) is 13.8 Å². The molecule has 16 heavy (non-hydrogen) atoms. The third-order valence-electron chi connectivity index (χ3n) is 2.27. The summed E-state index contributed by atoms with van der Waals surface area (Å²) in [5.41, 5.74) is 5.84. The number of pyridine rings is 1. The molecule has 2 N–H and O–H groups in total.